The highest BCUT2D eigenvalue weighted by molar-refractivity contribution is 7.55. The molecule has 0 bridgehead atoms. The van der Waals surface area contributed by atoms with Crippen LogP contribution in [0.25, 0.3) is 0 Å². The molecule has 6 nitrogen and oxygen atoms in total. The molecule has 1 aliphatic heterocycles. The quantitative estimate of drug-likeness (QED) is 0.298. The van der Waals surface area contributed by atoms with Crippen LogP contribution >= 0.6 is 7.60 Å². The third-order valence-electron chi connectivity index (χ3n) is 3.20. The summed E-state index contributed by atoms with van der Waals surface area (Å²) < 4.78 is 16.1. The summed E-state index contributed by atoms with van der Waals surface area (Å²) in [4.78, 5) is 17.5. The average Bonchev–Trinajstić information content (AvgIpc) is 2.58. The maximum absolute atomic E-state index is 10.7. The molecule has 8 heteroatoms. The molecule has 19 heavy (non-hydrogen) atoms. The Morgan fingerprint density at radius 1 is 1.42 bits per heavy atom. The Hall–Kier alpha value is -0.165. The summed E-state index contributed by atoms with van der Waals surface area (Å²) in [5.74, 6) is 0.542. The molecule has 0 aromatic heterocycles. The number of hydrogen-bond acceptors (Lipinski definition) is 4. The number of unbranched alkanes of at least 4 members (excludes halogenated alkanes) is 1. The zero-order valence-electron chi connectivity index (χ0n) is 11.0. The van der Waals surface area contributed by atoms with Gasteiger partial charge in [-0.15, -0.1) is 0 Å². The van der Waals surface area contributed by atoms with Gasteiger partial charge in [0.1, 0.15) is 14.0 Å². The van der Waals surface area contributed by atoms with Crippen molar-refractivity contribution in [3.8, 4) is 0 Å². The summed E-state index contributed by atoms with van der Waals surface area (Å²) in [5, 5.41) is 13.1. The molecule has 108 valence electrons. The number of aliphatic hydroxyl groups is 1. The van der Waals surface area contributed by atoms with E-state index in [-0.39, 0.29) is 5.92 Å². The Morgan fingerprint density at radius 3 is 2.68 bits per heavy atom. The second-order valence-electron chi connectivity index (χ2n) is 4.75. The number of hydrogen-bond donors (Lipinski definition) is 4. The fourth-order valence-electron chi connectivity index (χ4n) is 2.17. The molecular formula is C11H21BNO5P. The van der Waals surface area contributed by atoms with E-state index in [0.717, 1.165) is 31.6 Å². The zero-order chi connectivity index (χ0) is 14.5. The summed E-state index contributed by atoms with van der Waals surface area (Å²) in [5.41, 5.74) is 0. The lowest BCUT2D eigenvalue weighted by molar-refractivity contribution is 0.0628. The Labute approximate surface area is 114 Å². The molecule has 0 spiro atoms. The lowest BCUT2D eigenvalue weighted by Crippen LogP contribution is -2.27. The third-order valence-corrected chi connectivity index (χ3v) is 3.76. The van der Waals surface area contributed by atoms with Crippen molar-refractivity contribution in [2.45, 2.75) is 37.5 Å². The topological polar surface area (TPSA) is 99.0 Å². The second-order valence-corrected chi connectivity index (χ2v) is 6.23. The van der Waals surface area contributed by atoms with Crippen LogP contribution in [0, 0.1) is 5.92 Å². The first-order valence-electron chi connectivity index (χ1n) is 6.33. The van der Waals surface area contributed by atoms with Gasteiger partial charge in [-0.1, -0.05) is 6.42 Å². The molecule has 1 fully saturated rings. The van der Waals surface area contributed by atoms with Gasteiger partial charge in [0.2, 0.25) is 0 Å². The molecule has 1 rings (SSSR count). The van der Waals surface area contributed by atoms with Crippen molar-refractivity contribution in [3.05, 3.63) is 11.9 Å². The van der Waals surface area contributed by atoms with E-state index in [9.17, 15) is 9.67 Å². The third kappa shape index (κ3) is 5.77. The lowest BCUT2D eigenvalue weighted by Gasteiger charge is -2.17. The van der Waals surface area contributed by atoms with Gasteiger partial charge in [-0.05, 0) is 32.5 Å². The molecule has 1 aliphatic rings. The highest BCUT2D eigenvalue weighted by Crippen LogP contribution is 2.38. The molecule has 1 heterocycles. The largest absolute Gasteiger partial charge is 0.390 e. The summed E-state index contributed by atoms with van der Waals surface area (Å²) in [7, 11) is 3.43. The number of aliphatic hydroxyl groups excluding tert-OH is 1. The van der Waals surface area contributed by atoms with Gasteiger partial charge in [0, 0.05) is 17.7 Å². The van der Waals surface area contributed by atoms with E-state index in [2.05, 4.69) is 5.32 Å². The Morgan fingerprint density at radius 2 is 2.11 bits per heavy atom. The van der Waals surface area contributed by atoms with Gasteiger partial charge in [0.05, 0.1) is 6.10 Å². The van der Waals surface area contributed by atoms with Crippen molar-refractivity contribution in [2.24, 2.45) is 5.92 Å². The van der Waals surface area contributed by atoms with Gasteiger partial charge in [0.25, 0.3) is 0 Å². The van der Waals surface area contributed by atoms with Gasteiger partial charge in [-0.25, -0.2) is 0 Å². The first-order chi connectivity index (χ1) is 8.85. The predicted molar refractivity (Wildman–Crippen MR) is 72.9 cm³/mol. The van der Waals surface area contributed by atoms with Gasteiger partial charge in [0.15, 0.2) is 0 Å². The van der Waals surface area contributed by atoms with Gasteiger partial charge in [-0.3, -0.25) is 4.57 Å². The molecule has 4 N–H and O–H groups in total. The maximum Gasteiger partial charge on any atom is 0.348 e. The van der Waals surface area contributed by atoms with Crippen LogP contribution in [0.4, 0.5) is 0 Å². The summed E-state index contributed by atoms with van der Waals surface area (Å²) >= 11 is 0. The molecule has 0 saturated carbocycles. The predicted octanol–water partition coefficient (Wildman–Crippen LogP) is -0.0620. The molecule has 0 amide bonds. The molecule has 0 aromatic rings. The van der Waals surface area contributed by atoms with Crippen molar-refractivity contribution in [2.75, 3.05) is 13.6 Å². The van der Waals surface area contributed by atoms with Gasteiger partial charge < -0.3 is 24.9 Å². The van der Waals surface area contributed by atoms with Crippen LogP contribution in [0.2, 0.25) is 0 Å². The van der Waals surface area contributed by atoms with E-state index in [1.807, 2.05) is 7.05 Å². The van der Waals surface area contributed by atoms with Crippen LogP contribution < -0.4 is 5.32 Å². The first-order valence-corrected chi connectivity index (χ1v) is 8.01. The Kier molecular flexibility index (Phi) is 6.73. The highest BCUT2D eigenvalue weighted by Gasteiger charge is 2.39. The van der Waals surface area contributed by atoms with Crippen molar-refractivity contribution in [1.82, 2.24) is 5.32 Å². The lowest BCUT2D eigenvalue weighted by atomic mass is 9.81. The minimum absolute atomic E-state index is 0.205. The maximum atomic E-state index is 10.7. The van der Waals surface area contributed by atoms with Crippen molar-refractivity contribution >= 4 is 15.4 Å². The van der Waals surface area contributed by atoms with E-state index in [4.69, 9.17) is 22.4 Å². The fraction of sp³-hybridized carbons (Fsp3) is 0.818. The zero-order valence-corrected chi connectivity index (χ0v) is 11.9. The van der Waals surface area contributed by atoms with E-state index < -0.39 is 25.8 Å². The van der Waals surface area contributed by atoms with Crippen LogP contribution in [-0.2, 0) is 9.30 Å². The van der Waals surface area contributed by atoms with E-state index in [1.165, 1.54) is 6.08 Å². The van der Waals surface area contributed by atoms with Crippen LogP contribution in [0.3, 0.4) is 0 Å². The standard InChI is InChI=1S/C11H21BNO5P/c1-13-6-3-2-4-8-10(14)9(18-11(8)12)5-7-19(15,16)17/h5,7-11,13-14H,2-4,6H2,1H3,(H2,15,16,17)/b7-5+/t8?,9-,10?,11-/m1/s1. The van der Waals surface area contributed by atoms with Crippen molar-refractivity contribution in [1.29, 1.82) is 0 Å². The number of ether oxygens (including phenoxy) is 1. The molecular weight excluding hydrogens is 268 g/mol. The SMILES string of the molecule is [B][C@@H]1O[C@H](/C=C/P(=O)(O)O)C(O)C1CCCCNC. The van der Waals surface area contributed by atoms with Crippen LogP contribution in [0.5, 0.6) is 0 Å². The van der Waals surface area contributed by atoms with Crippen LogP contribution in [-0.4, -0.2) is 54.5 Å². The number of rotatable bonds is 7. The van der Waals surface area contributed by atoms with Crippen molar-refractivity contribution < 1.29 is 24.2 Å². The normalized spacial score (nSPS) is 32.2. The fourth-order valence-corrected chi connectivity index (χ4v) is 2.57. The minimum atomic E-state index is -4.24. The summed E-state index contributed by atoms with van der Waals surface area (Å²) in [6, 6.07) is -0.601. The van der Waals surface area contributed by atoms with E-state index in [1.54, 1.807) is 0 Å². The van der Waals surface area contributed by atoms with Crippen LogP contribution in [0.1, 0.15) is 19.3 Å². The highest BCUT2D eigenvalue weighted by atomic mass is 31.2. The van der Waals surface area contributed by atoms with Gasteiger partial charge in [-0.2, -0.15) is 0 Å². The smallest absolute Gasteiger partial charge is 0.348 e. The molecule has 2 radical (unpaired) electrons. The van der Waals surface area contributed by atoms with Crippen molar-refractivity contribution in [3.63, 3.8) is 0 Å². The monoisotopic (exact) mass is 289 g/mol. The minimum Gasteiger partial charge on any atom is -0.390 e. The molecule has 0 aliphatic carbocycles. The Bertz CT molecular complexity index is 348. The molecule has 4 atom stereocenters. The number of nitrogens with one attached hydrogen (secondary N) is 1. The summed E-state index contributed by atoms with van der Waals surface area (Å²) in [6.07, 6.45) is 2.23. The van der Waals surface area contributed by atoms with E-state index >= 15 is 0 Å². The second kappa shape index (κ2) is 7.57. The van der Waals surface area contributed by atoms with E-state index in [0.29, 0.717) is 0 Å². The molecule has 2 unspecified atom stereocenters. The first kappa shape index (κ1) is 16.9. The molecule has 0 aromatic carbocycles. The van der Waals surface area contributed by atoms with Crippen LogP contribution in [0.15, 0.2) is 11.9 Å². The Balaban J connectivity index is 2.48. The molecule has 1 saturated heterocycles. The average molecular weight is 289 g/mol. The summed E-state index contributed by atoms with van der Waals surface area (Å²) in [6.45, 7) is 0.903. The van der Waals surface area contributed by atoms with Gasteiger partial charge >= 0.3 is 7.60 Å².